The number of aliphatic hydroxyl groups is 1. The van der Waals surface area contributed by atoms with Crippen LogP contribution in [0.4, 0.5) is 11.4 Å². The lowest BCUT2D eigenvalue weighted by Crippen LogP contribution is -2.15. The molecule has 0 bridgehead atoms. The molecule has 0 aliphatic carbocycles. The van der Waals surface area contributed by atoms with Gasteiger partial charge in [-0.25, -0.2) is 0 Å². The molecule has 5 nitrogen and oxygen atoms in total. The lowest BCUT2D eigenvalue weighted by Gasteiger charge is -2.15. The molecule has 18 heavy (non-hydrogen) atoms. The van der Waals surface area contributed by atoms with E-state index in [-0.39, 0.29) is 17.2 Å². The van der Waals surface area contributed by atoms with E-state index in [1.165, 1.54) is 6.07 Å². The SMILES string of the molecule is CCC(CCO)CNc1ccc([N+](=O)[O-])c(C)c1. The monoisotopic (exact) mass is 252 g/mol. The summed E-state index contributed by atoms with van der Waals surface area (Å²) < 4.78 is 0. The van der Waals surface area contributed by atoms with Crippen LogP contribution in [-0.4, -0.2) is 23.2 Å². The second-order valence-corrected chi connectivity index (χ2v) is 4.43. The molecule has 0 spiro atoms. The first kappa shape index (κ1) is 14.4. The summed E-state index contributed by atoms with van der Waals surface area (Å²) >= 11 is 0. The van der Waals surface area contributed by atoms with Gasteiger partial charge in [0.15, 0.2) is 0 Å². The number of hydrogen-bond acceptors (Lipinski definition) is 4. The van der Waals surface area contributed by atoms with Crippen LogP contribution in [0.5, 0.6) is 0 Å². The number of nitrogens with zero attached hydrogens (tertiary/aromatic N) is 1. The Balaban J connectivity index is 2.63. The molecule has 0 saturated heterocycles. The fourth-order valence-corrected chi connectivity index (χ4v) is 1.87. The van der Waals surface area contributed by atoms with Crippen molar-refractivity contribution in [2.24, 2.45) is 5.92 Å². The summed E-state index contributed by atoms with van der Waals surface area (Å²) in [5.74, 6) is 0.422. The first-order valence-electron chi connectivity index (χ1n) is 6.18. The number of rotatable bonds is 7. The maximum Gasteiger partial charge on any atom is 0.272 e. The van der Waals surface area contributed by atoms with E-state index in [1.807, 2.05) is 0 Å². The van der Waals surface area contributed by atoms with E-state index in [2.05, 4.69) is 12.2 Å². The Bertz CT molecular complexity index is 407. The van der Waals surface area contributed by atoms with Crippen molar-refractivity contribution in [3.63, 3.8) is 0 Å². The third kappa shape index (κ3) is 4.00. The van der Waals surface area contributed by atoms with Crippen molar-refractivity contribution < 1.29 is 10.0 Å². The summed E-state index contributed by atoms with van der Waals surface area (Å²) in [4.78, 5) is 10.3. The standard InChI is InChI=1S/C13H20N2O3/c1-3-11(6-7-16)9-14-12-4-5-13(15(17)18)10(2)8-12/h4-5,8,11,14,16H,3,6-7,9H2,1-2H3. The van der Waals surface area contributed by atoms with Gasteiger partial charge in [0.05, 0.1) is 4.92 Å². The number of benzene rings is 1. The van der Waals surface area contributed by atoms with E-state index < -0.39 is 0 Å². The Hall–Kier alpha value is -1.62. The van der Waals surface area contributed by atoms with Crippen molar-refractivity contribution in [3.8, 4) is 0 Å². The molecule has 0 saturated carbocycles. The molecule has 0 amide bonds. The molecule has 2 N–H and O–H groups in total. The van der Waals surface area contributed by atoms with Gasteiger partial charge in [-0.3, -0.25) is 10.1 Å². The molecule has 1 aromatic carbocycles. The van der Waals surface area contributed by atoms with E-state index >= 15 is 0 Å². The first-order valence-corrected chi connectivity index (χ1v) is 6.18. The predicted molar refractivity (Wildman–Crippen MR) is 71.8 cm³/mol. The fraction of sp³-hybridized carbons (Fsp3) is 0.538. The van der Waals surface area contributed by atoms with Crippen LogP contribution < -0.4 is 5.32 Å². The van der Waals surface area contributed by atoms with Crippen LogP contribution in [0.25, 0.3) is 0 Å². The summed E-state index contributed by atoms with van der Waals surface area (Å²) in [6.45, 7) is 4.78. The molecule has 0 aromatic heterocycles. The highest BCUT2D eigenvalue weighted by Crippen LogP contribution is 2.22. The fourth-order valence-electron chi connectivity index (χ4n) is 1.87. The largest absolute Gasteiger partial charge is 0.396 e. The second-order valence-electron chi connectivity index (χ2n) is 4.43. The molecule has 1 atom stereocenters. The maximum absolute atomic E-state index is 10.7. The van der Waals surface area contributed by atoms with Crippen LogP contribution in [0.3, 0.4) is 0 Å². The topological polar surface area (TPSA) is 75.4 Å². The molecular formula is C13H20N2O3. The summed E-state index contributed by atoms with van der Waals surface area (Å²) in [7, 11) is 0. The third-order valence-electron chi connectivity index (χ3n) is 3.10. The zero-order chi connectivity index (χ0) is 13.5. The Morgan fingerprint density at radius 3 is 2.72 bits per heavy atom. The minimum Gasteiger partial charge on any atom is -0.396 e. The average Bonchev–Trinajstić information content (AvgIpc) is 2.34. The zero-order valence-corrected chi connectivity index (χ0v) is 10.8. The summed E-state index contributed by atoms with van der Waals surface area (Å²) in [6, 6.07) is 5.02. The molecule has 5 heteroatoms. The van der Waals surface area contributed by atoms with Crippen molar-refractivity contribution in [1.29, 1.82) is 0 Å². The lowest BCUT2D eigenvalue weighted by molar-refractivity contribution is -0.385. The van der Waals surface area contributed by atoms with Gasteiger partial charge < -0.3 is 10.4 Å². The van der Waals surface area contributed by atoms with Crippen LogP contribution in [0.15, 0.2) is 18.2 Å². The van der Waals surface area contributed by atoms with Crippen molar-refractivity contribution in [2.45, 2.75) is 26.7 Å². The maximum atomic E-state index is 10.7. The number of hydrogen-bond donors (Lipinski definition) is 2. The second kappa shape index (κ2) is 6.96. The minimum absolute atomic E-state index is 0.142. The van der Waals surface area contributed by atoms with E-state index in [4.69, 9.17) is 5.11 Å². The number of nitrogens with one attached hydrogen (secondary N) is 1. The van der Waals surface area contributed by atoms with Crippen LogP contribution in [0.1, 0.15) is 25.3 Å². The molecule has 0 aliphatic heterocycles. The first-order chi connectivity index (χ1) is 8.58. The quantitative estimate of drug-likeness (QED) is 0.578. The molecule has 0 fully saturated rings. The number of nitro groups is 1. The Kier molecular flexibility index (Phi) is 5.58. The number of aryl methyl sites for hydroxylation is 1. The van der Waals surface area contributed by atoms with Gasteiger partial charge in [-0.2, -0.15) is 0 Å². The van der Waals surface area contributed by atoms with Crippen LogP contribution >= 0.6 is 0 Å². The van der Waals surface area contributed by atoms with Gasteiger partial charge in [-0.15, -0.1) is 0 Å². The minimum atomic E-state index is -0.375. The Labute approximate surface area is 107 Å². The highest BCUT2D eigenvalue weighted by molar-refractivity contribution is 5.53. The van der Waals surface area contributed by atoms with Gasteiger partial charge in [0.1, 0.15) is 0 Å². The van der Waals surface area contributed by atoms with E-state index in [0.717, 1.165) is 25.1 Å². The van der Waals surface area contributed by atoms with Crippen LogP contribution in [-0.2, 0) is 0 Å². The number of nitro benzene ring substituents is 1. The molecule has 1 rings (SSSR count). The Morgan fingerprint density at radius 2 is 2.22 bits per heavy atom. The van der Waals surface area contributed by atoms with Crippen LogP contribution in [0, 0.1) is 23.0 Å². The summed E-state index contributed by atoms with van der Waals surface area (Å²) in [6.07, 6.45) is 1.77. The van der Waals surface area contributed by atoms with Gasteiger partial charge in [0, 0.05) is 30.5 Å². The molecule has 0 aliphatic rings. The van der Waals surface area contributed by atoms with Gasteiger partial charge in [-0.1, -0.05) is 13.3 Å². The molecule has 1 unspecified atom stereocenters. The van der Waals surface area contributed by atoms with E-state index in [9.17, 15) is 10.1 Å². The molecule has 0 heterocycles. The van der Waals surface area contributed by atoms with E-state index in [0.29, 0.717) is 11.5 Å². The van der Waals surface area contributed by atoms with Crippen LogP contribution in [0.2, 0.25) is 0 Å². The summed E-state index contributed by atoms with van der Waals surface area (Å²) in [5, 5.41) is 22.8. The third-order valence-corrected chi connectivity index (χ3v) is 3.10. The van der Waals surface area contributed by atoms with Crippen molar-refractivity contribution in [1.82, 2.24) is 0 Å². The average molecular weight is 252 g/mol. The zero-order valence-electron chi connectivity index (χ0n) is 10.8. The lowest BCUT2D eigenvalue weighted by atomic mass is 10.0. The molecular weight excluding hydrogens is 232 g/mol. The van der Waals surface area contributed by atoms with Crippen molar-refractivity contribution in [3.05, 3.63) is 33.9 Å². The number of aliphatic hydroxyl groups excluding tert-OH is 1. The van der Waals surface area contributed by atoms with Crippen molar-refractivity contribution in [2.75, 3.05) is 18.5 Å². The van der Waals surface area contributed by atoms with Gasteiger partial charge in [0.25, 0.3) is 5.69 Å². The summed E-state index contributed by atoms with van der Waals surface area (Å²) in [5.41, 5.74) is 1.68. The molecule has 1 aromatic rings. The Morgan fingerprint density at radius 1 is 1.50 bits per heavy atom. The normalized spacial score (nSPS) is 12.2. The molecule has 0 radical (unpaired) electrons. The molecule has 100 valence electrons. The predicted octanol–water partition coefficient (Wildman–Crippen LogP) is 2.72. The highest BCUT2D eigenvalue weighted by Gasteiger charge is 2.11. The van der Waals surface area contributed by atoms with Gasteiger partial charge in [-0.05, 0) is 31.4 Å². The van der Waals surface area contributed by atoms with Gasteiger partial charge >= 0.3 is 0 Å². The van der Waals surface area contributed by atoms with E-state index in [1.54, 1.807) is 19.1 Å². The van der Waals surface area contributed by atoms with Crippen molar-refractivity contribution >= 4 is 11.4 Å². The van der Waals surface area contributed by atoms with Gasteiger partial charge in [0.2, 0.25) is 0 Å². The number of anilines is 1. The smallest absolute Gasteiger partial charge is 0.272 e. The highest BCUT2D eigenvalue weighted by atomic mass is 16.6.